The third-order valence-electron chi connectivity index (χ3n) is 1.88. The van der Waals surface area contributed by atoms with E-state index in [9.17, 15) is 0 Å². The molecule has 0 aromatic heterocycles. The molecule has 0 spiro atoms. The Balaban J connectivity index is 2.52. The molecule has 1 heterocycles. The van der Waals surface area contributed by atoms with Crippen molar-refractivity contribution in [2.45, 2.75) is 25.4 Å². The molecule has 4 atom stereocenters. The average Bonchev–Trinajstić information content (AvgIpc) is 1.93. The Labute approximate surface area is 59.1 Å². The van der Waals surface area contributed by atoms with Crippen molar-refractivity contribution < 1.29 is 20.1 Å². The predicted octanol–water partition coefficient (Wildman–Crippen LogP) is -1.31. The van der Waals surface area contributed by atoms with Crippen molar-refractivity contribution in [3.8, 4) is 0 Å². The SMILES string of the molecule is C[C@@H]1[C@@H](O)[C@H](O)OC[C@H]1O. The van der Waals surface area contributed by atoms with Gasteiger partial charge in [0.1, 0.15) is 6.10 Å². The van der Waals surface area contributed by atoms with E-state index in [1.807, 2.05) is 0 Å². The summed E-state index contributed by atoms with van der Waals surface area (Å²) in [5, 5.41) is 27.0. The highest BCUT2D eigenvalue weighted by atomic mass is 16.6. The van der Waals surface area contributed by atoms with Crippen LogP contribution < -0.4 is 0 Å². The average molecular weight is 148 g/mol. The molecule has 1 fully saturated rings. The molecule has 0 radical (unpaired) electrons. The minimum atomic E-state index is -1.14. The summed E-state index contributed by atoms with van der Waals surface area (Å²) in [5.41, 5.74) is 0. The first-order valence-corrected chi connectivity index (χ1v) is 3.28. The Morgan fingerprint density at radius 1 is 1.30 bits per heavy atom. The quantitative estimate of drug-likeness (QED) is 0.399. The number of aliphatic hydroxyl groups is 3. The van der Waals surface area contributed by atoms with Gasteiger partial charge in [0.25, 0.3) is 0 Å². The van der Waals surface area contributed by atoms with Gasteiger partial charge in [0.2, 0.25) is 0 Å². The van der Waals surface area contributed by atoms with Crippen LogP contribution in [0, 0.1) is 5.92 Å². The Bertz CT molecular complexity index is 102. The summed E-state index contributed by atoms with van der Waals surface area (Å²) < 4.78 is 4.63. The second kappa shape index (κ2) is 2.84. The first kappa shape index (κ1) is 7.94. The van der Waals surface area contributed by atoms with Crippen LogP contribution in [0.2, 0.25) is 0 Å². The fourth-order valence-corrected chi connectivity index (χ4v) is 0.935. The molecule has 1 aliphatic rings. The Hall–Kier alpha value is -0.160. The zero-order valence-electron chi connectivity index (χ0n) is 5.77. The fraction of sp³-hybridized carbons (Fsp3) is 1.00. The maximum Gasteiger partial charge on any atom is 0.181 e. The van der Waals surface area contributed by atoms with Crippen LogP contribution in [0.3, 0.4) is 0 Å². The van der Waals surface area contributed by atoms with Crippen LogP contribution in [-0.4, -0.2) is 40.4 Å². The van der Waals surface area contributed by atoms with Gasteiger partial charge < -0.3 is 20.1 Å². The number of hydrogen-bond acceptors (Lipinski definition) is 4. The van der Waals surface area contributed by atoms with Gasteiger partial charge in [0.05, 0.1) is 12.7 Å². The summed E-state index contributed by atoms with van der Waals surface area (Å²) in [6.07, 6.45) is -2.78. The zero-order valence-corrected chi connectivity index (χ0v) is 5.77. The summed E-state index contributed by atoms with van der Waals surface area (Å²) >= 11 is 0. The number of hydrogen-bond donors (Lipinski definition) is 3. The van der Waals surface area contributed by atoms with Crippen LogP contribution in [0.15, 0.2) is 0 Å². The van der Waals surface area contributed by atoms with Crippen molar-refractivity contribution in [1.82, 2.24) is 0 Å². The van der Waals surface area contributed by atoms with Crippen molar-refractivity contribution >= 4 is 0 Å². The smallest absolute Gasteiger partial charge is 0.181 e. The summed E-state index contributed by atoms with van der Waals surface area (Å²) in [6, 6.07) is 0. The molecule has 1 rings (SSSR count). The van der Waals surface area contributed by atoms with E-state index in [1.54, 1.807) is 6.92 Å². The van der Waals surface area contributed by atoms with E-state index >= 15 is 0 Å². The van der Waals surface area contributed by atoms with Crippen LogP contribution in [0.25, 0.3) is 0 Å². The van der Waals surface area contributed by atoms with E-state index in [0.717, 1.165) is 0 Å². The molecule has 3 N–H and O–H groups in total. The Morgan fingerprint density at radius 3 is 2.40 bits per heavy atom. The molecule has 1 aliphatic heterocycles. The van der Waals surface area contributed by atoms with E-state index in [1.165, 1.54) is 0 Å². The van der Waals surface area contributed by atoms with Crippen molar-refractivity contribution in [2.24, 2.45) is 5.92 Å². The molecule has 4 nitrogen and oxygen atoms in total. The third-order valence-corrected chi connectivity index (χ3v) is 1.88. The second-order valence-corrected chi connectivity index (χ2v) is 2.64. The molecule has 0 saturated carbocycles. The van der Waals surface area contributed by atoms with Crippen molar-refractivity contribution in [1.29, 1.82) is 0 Å². The van der Waals surface area contributed by atoms with E-state index in [4.69, 9.17) is 15.3 Å². The normalized spacial score (nSPS) is 49.2. The van der Waals surface area contributed by atoms with Crippen LogP contribution >= 0.6 is 0 Å². The largest absolute Gasteiger partial charge is 0.390 e. The van der Waals surface area contributed by atoms with Gasteiger partial charge in [-0.05, 0) is 0 Å². The van der Waals surface area contributed by atoms with Gasteiger partial charge in [-0.15, -0.1) is 0 Å². The zero-order chi connectivity index (χ0) is 7.72. The summed E-state index contributed by atoms with van der Waals surface area (Å²) in [5.74, 6) is -0.316. The lowest BCUT2D eigenvalue weighted by Gasteiger charge is -2.33. The molecule has 0 aliphatic carbocycles. The molecule has 1 saturated heterocycles. The maximum absolute atomic E-state index is 9.08. The lowest BCUT2D eigenvalue weighted by atomic mass is 9.96. The van der Waals surface area contributed by atoms with Gasteiger partial charge >= 0.3 is 0 Å². The Morgan fingerprint density at radius 2 is 1.90 bits per heavy atom. The van der Waals surface area contributed by atoms with Crippen LogP contribution in [0.1, 0.15) is 6.92 Å². The molecule has 10 heavy (non-hydrogen) atoms. The maximum atomic E-state index is 9.08. The lowest BCUT2D eigenvalue weighted by molar-refractivity contribution is -0.233. The fourth-order valence-electron chi connectivity index (χ4n) is 0.935. The van der Waals surface area contributed by atoms with Crippen molar-refractivity contribution in [2.75, 3.05) is 6.61 Å². The van der Waals surface area contributed by atoms with Crippen LogP contribution in [0.4, 0.5) is 0 Å². The minimum Gasteiger partial charge on any atom is -0.390 e. The van der Waals surface area contributed by atoms with Gasteiger partial charge in [-0.2, -0.15) is 0 Å². The number of rotatable bonds is 0. The van der Waals surface area contributed by atoms with Crippen molar-refractivity contribution in [3.63, 3.8) is 0 Å². The van der Waals surface area contributed by atoms with Crippen LogP contribution in [-0.2, 0) is 4.74 Å². The molecular formula is C6H12O4. The third kappa shape index (κ3) is 1.29. The molecule has 4 heteroatoms. The van der Waals surface area contributed by atoms with Gasteiger partial charge in [-0.25, -0.2) is 0 Å². The van der Waals surface area contributed by atoms with E-state index in [-0.39, 0.29) is 12.5 Å². The standard InChI is InChI=1S/C6H12O4/c1-3-4(7)2-10-6(9)5(3)8/h3-9H,2H2,1H3/t3-,4+,5+,6+/m0/s1. The van der Waals surface area contributed by atoms with Crippen molar-refractivity contribution in [3.05, 3.63) is 0 Å². The molecule has 0 unspecified atom stereocenters. The van der Waals surface area contributed by atoms with Gasteiger partial charge in [0, 0.05) is 5.92 Å². The number of ether oxygens (including phenoxy) is 1. The first-order valence-electron chi connectivity index (χ1n) is 3.28. The Kier molecular flexibility index (Phi) is 2.25. The molecule has 0 bridgehead atoms. The highest BCUT2D eigenvalue weighted by Gasteiger charge is 2.34. The second-order valence-electron chi connectivity index (χ2n) is 2.64. The van der Waals surface area contributed by atoms with E-state index in [2.05, 4.69) is 4.74 Å². The highest BCUT2D eigenvalue weighted by Crippen LogP contribution is 2.18. The monoisotopic (exact) mass is 148 g/mol. The molecule has 0 aromatic rings. The molecular weight excluding hydrogens is 136 g/mol. The molecule has 0 aromatic carbocycles. The van der Waals surface area contributed by atoms with Crippen LogP contribution in [0.5, 0.6) is 0 Å². The minimum absolute atomic E-state index is 0.0966. The van der Waals surface area contributed by atoms with Gasteiger partial charge in [-0.1, -0.05) is 6.92 Å². The van der Waals surface area contributed by atoms with E-state index in [0.29, 0.717) is 0 Å². The topological polar surface area (TPSA) is 69.9 Å². The summed E-state index contributed by atoms with van der Waals surface area (Å²) in [4.78, 5) is 0. The lowest BCUT2D eigenvalue weighted by Crippen LogP contribution is -2.47. The highest BCUT2D eigenvalue weighted by molar-refractivity contribution is 4.78. The first-order chi connectivity index (χ1) is 4.63. The van der Waals surface area contributed by atoms with Gasteiger partial charge in [-0.3, -0.25) is 0 Å². The van der Waals surface area contributed by atoms with E-state index < -0.39 is 18.5 Å². The van der Waals surface area contributed by atoms with Gasteiger partial charge in [0.15, 0.2) is 6.29 Å². The summed E-state index contributed by atoms with van der Waals surface area (Å²) in [7, 11) is 0. The predicted molar refractivity (Wildman–Crippen MR) is 33.1 cm³/mol. The molecule has 60 valence electrons. The number of aliphatic hydroxyl groups excluding tert-OH is 3. The summed E-state index contributed by atoms with van der Waals surface area (Å²) in [6.45, 7) is 1.76. The molecule has 0 amide bonds.